The molecule has 2 N–H and O–H groups in total. The van der Waals surface area contributed by atoms with Gasteiger partial charge in [0.25, 0.3) is 0 Å². The van der Waals surface area contributed by atoms with Crippen LogP contribution in [-0.2, 0) is 19.5 Å². The van der Waals surface area contributed by atoms with Crippen molar-refractivity contribution >= 4 is 23.0 Å². The van der Waals surface area contributed by atoms with Gasteiger partial charge in [0.05, 0.1) is 36.9 Å². The van der Waals surface area contributed by atoms with Gasteiger partial charge in [-0.25, -0.2) is 19.6 Å². The normalized spacial score (nSPS) is 14.6. The first kappa shape index (κ1) is 20.4. The van der Waals surface area contributed by atoms with Crippen LogP contribution >= 0.6 is 0 Å². The van der Waals surface area contributed by atoms with E-state index in [0.29, 0.717) is 31.5 Å². The lowest BCUT2D eigenvalue weighted by molar-refractivity contribution is 0.310. The van der Waals surface area contributed by atoms with E-state index in [1.54, 1.807) is 10.9 Å². The van der Waals surface area contributed by atoms with Crippen LogP contribution in [0, 0.1) is 6.92 Å². The molecule has 0 unspecified atom stereocenters. The van der Waals surface area contributed by atoms with E-state index in [4.69, 9.17) is 9.72 Å². The minimum atomic E-state index is 0. The lowest BCUT2D eigenvalue weighted by atomic mass is 10.0. The zero-order valence-electron chi connectivity index (χ0n) is 18.9. The maximum atomic E-state index is 5.68. The molecule has 10 heteroatoms. The fraction of sp³-hybridized carbons (Fsp3) is 0.292. The van der Waals surface area contributed by atoms with Crippen LogP contribution < -0.4 is 20.3 Å². The number of hydrogen-bond donors (Lipinski definition) is 2. The Labute approximate surface area is 200 Å². The molecule has 3 aromatic heterocycles. The Morgan fingerprint density at radius 1 is 1.18 bits per heavy atom. The fourth-order valence-electron chi connectivity index (χ4n) is 4.43. The van der Waals surface area contributed by atoms with Gasteiger partial charge in [-0.15, -0.1) is 5.10 Å². The number of anilines is 4. The lowest BCUT2D eigenvalue weighted by Gasteiger charge is -2.32. The zero-order valence-corrected chi connectivity index (χ0v) is 18.9. The minimum Gasteiger partial charge on any atom is -0.474 e. The third kappa shape index (κ3) is 3.98. The average Bonchev–Trinajstić information content (AvgIpc) is 3.38. The van der Waals surface area contributed by atoms with E-state index in [2.05, 4.69) is 54.9 Å². The summed E-state index contributed by atoms with van der Waals surface area (Å²) in [5.41, 5.74) is 7.57. The Balaban J connectivity index is 0.00000152. The second-order valence-corrected chi connectivity index (χ2v) is 8.48. The van der Waals surface area contributed by atoms with Crippen LogP contribution in [0.4, 0.5) is 23.0 Å². The topological polar surface area (TPSA) is 106 Å². The highest BCUT2D eigenvalue weighted by atomic mass is 16.5. The first-order chi connectivity index (χ1) is 16.7. The van der Waals surface area contributed by atoms with E-state index in [9.17, 15) is 0 Å². The highest BCUT2D eigenvalue weighted by molar-refractivity contribution is 5.70. The van der Waals surface area contributed by atoms with Crippen LogP contribution in [-0.4, -0.2) is 49.6 Å². The molecule has 0 spiro atoms. The van der Waals surface area contributed by atoms with E-state index < -0.39 is 0 Å². The standard InChI is InChI=1S/C24H25N9O.2H2/c1-16-21(13-26-23-22(16)25-8-11-34-23)32-9-6-18-12-27-24(30-20(18)15-32)29-19-4-2-17(3-5-19)14-33-10-7-28-31-33;;/h2-5,7,10,12-13,25H,6,8-9,11,14-15H2,1H3,(H,27,29,30);2*1H. The zero-order chi connectivity index (χ0) is 22.9. The number of benzene rings is 1. The molecular formula is C24H29N9O. The van der Waals surface area contributed by atoms with Crippen LogP contribution in [0.3, 0.4) is 0 Å². The summed E-state index contributed by atoms with van der Waals surface area (Å²) in [6, 6.07) is 8.18. The number of nitrogens with zero attached hydrogens (tertiary/aromatic N) is 7. The number of hydrogen-bond acceptors (Lipinski definition) is 9. The molecule has 0 amide bonds. The summed E-state index contributed by atoms with van der Waals surface area (Å²) in [6.45, 7) is 5.86. The van der Waals surface area contributed by atoms with E-state index >= 15 is 0 Å². The highest BCUT2D eigenvalue weighted by Gasteiger charge is 2.24. The van der Waals surface area contributed by atoms with Gasteiger partial charge >= 0.3 is 0 Å². The molecular weight excluding hydrogens is 430 g/mol. The molecule has 0 atom stereocenters. The molecule has 2 aliphatic rings. The monoisotopic (exact) mass is 459 g/mol. The van der Waals surface area contributed by atoms with Gasteiger partial charge < -0.3 is 20.3 Å². The van der Waals surface area contributed by atoms with Crippen molar-refractivity contribution in [2.75, 3.05) is 35.2 Å². The van der Waals surface area contributed by atoms with Gasteiger partial charge in [-0.3, -0.25) is 0 Å². The Hall–Kier alpha value is -4.21. The second kappa shape index (κ2) is 8.62. The Kier molecular flexibility index (Phi) is 5.17. The van der Waals surface area contributed by atoms with E-state index in [0.717, 1.165) is 53.4 Å². The van der Waals surface area contributed by atoms with Crippen LogP contribution in [0.15, 0.2) is 49.1 Å². The van der Waals surface area contributed by atoms with Crippen molar-refractivity contribution in [1.29, 1.82) is 0 Å². The largest absolute Gasteiger partial charge is 0.474 e. The number of fused-ring (bicyclic) bond motifs is 2. The molecule has 0 radical (unpaired) electrons. The van der Waals surface area contributed by atoms with E-state index in [-0.39, 0.29) is 2.85 Å². The molecule has 0 saturated heterocycles. The maximum absolute atomic E-state index is 5.68. The van der Waals surface area contributed by atoms with E-state index in [1.165, 1.54) is 5.56 Å². The maximum Gasteiger partial charge on any atom is 0.237 e. The van der Waals surface area contributed by atoms with Crippen molar-refractivity contribution in [2.24, 2.45) is 0 Å². The first-order valence-corrected chi connectivity index (χ1v) is 11.4. The van der Waals surface area contributed by atoms with Gasteiger partial charge in [0, 0.05) is 39.6 Å². The quantitative estimate of drug-likeness (QED) is 0.464. The van der Waals surface area contributed by atoms with Crippen LogP contribution in [0.25, 0.3) is 0 Å². The van der Waals surface area contributed by atoms with Gasteiger partial charge in [-0.2, -0.15) is 0 Å². The minimum absolute atomic E-state index is 0. The molecule has 0 bridgehead atoms. The molecule has 176 valence electrons. The lowest BCUT2D eigenvalue weighted by Crippen LogP contribution is -2.32. The molecule has 6 rings (SSSR count). The van der Waals surface area contributed by atoms with Crippen LogP contribution in [0.1, 0.15) is 25.2 Å². The number of rotatable bonds is 5. The Morgan fingerprint density at radius 2 is 2.09 bits per heavy atom. The SMILES string of the molecule is Cc1c(N2CCc3cnc(Nc4ccc(Cn5ccnn5)cc4)nc3C2)cnc2c1NCCO2.[HH].[HH]. The number of ether oxygens (including phenoxy) is 1. The summed E-state index contributed by atoms with van der Waals surface area (Å²) in [4.78, 5) is 16.2. The van der Waals surface area contributed by atoms with Gasteiger partial charge in [0.1, 0.15) is 12.3 Å². The predicted molar refractivity (Wildman–Crippen MR) is 133 cm³/mol. The van der Waals surface area contributed by atoms with Crippen molar-refractivity contribution < 1.29 is 7.59 Å². The van der Waals surface area contributed by atoms with Crippen molar-refractivity contribution in [2.45, 2.75) is 26.4 Å². The summed E-state index contributed by atoms with van der Waals surface area (Å²) < 4.78 is 7.48. The first-order valence-electron chi connectivity index (χ1n) is 11.4. The molecule has 0 fully saturated rings. The van der Waals surface area contributed by atoms with Crippen LogP contribution in [0.5, 0.6) is 5.88 Å². The van der Waals surface area contributed by atoms with Crippen molar-refractivity contribution in [1.82, 2.24) is 29.9 Å². The summed E-state index contributed by atoms with van der Waals surface area (Å²) in [7, 11) is 0. The smallest absolute Gasteiger partial charge is 0.237 e. The average molecular weight is 460 g/mol. The number of pyridine rings is 1. The number of aromatic nitrogens is 6. The van der Waals surface area contributed by atoms with Crippen molar-refractivity contribution in [3.63, 3.8) is 0 Å². The molecule has 0 aliphatic carbocycles. The molecule has 0 saturated carbocycles. The third-order valence-corrected chi connectivity index (χ3v) is 6.23. The summed E-state index contributed by atoms with van der Waals surface area (Å²) >= 11 is 0. The molecule has 34 heavy (non-hydrogen) atoms. The Bertz CT molecular complexity index is 1320. The molecule has 2 aliphatic heterocycles. The van der Waals surface area contributed by atoms with Gasteiger partial charge in [0.2, 0.25) is 11.8 Å². The molecule has 10 nitrogen and oxygen atoms in total. The van der Waals surface area contributed by atoms with E-state index in [1.807, 2.05) is 30.7 Å². The molecule has 4 aromatic rings. The van der Waals surface area contributed by atoms with Gasteiger partial charge in [-0.05, 0) is 36.6 Å². The van der Waals surface area contributed by atoms with Gasteiger partial charge in [0.15, 0.2) is 0 Å². The summed E-state index contributed by atoms with van der Waals surface area (Å²) in [5, 5.41) is 14.6. The third-order valence-electron chi connectivity index (χ3n) is 6.23. The molecule has 1 aromatic carbocycles. The fourth-order valence-corrected chi connectivity index (χ4v) is 4.43. The number of nitrogens with one attached hydrogen (secondary N) is 2. The summed E-state index contributed by atoms with van der Waals surface area (Å²) in [5.74, 6) is 1.28. The second-order valence-electron chi connectivity index (χ2n) is 8.48. The van der Waals surface area contributed by atoms with Crippen molar-refractivity contribution in [3.05, 3.63) is 71.4 Å². The van der Waals surface area contributed by atoms with Gasteiger partial charge in [-0.1, -0.05) is 17.3 Å². The Morgan fingerprint density at radius 3 is 2.94 bits per heavy atom. The molecule has 5 heterocycles. The van der Waals surface area contributed by atoms with Crippen molar-refractivity contribution in [3.8, 4) is 5.88 Å². The summed E-state index contributed by atoms with van der Waals surface area (Å²) in [6.07, 6.45) is 8.27. The predicted octanol–water partition coefficient (Wildman–Crippen LogP) is 3.42. The highest BCUT2D eigenvalue weighted by Crippen LogP contribution is 2.36. The van der Waals surface area contributed by atoms with Crippen LogP contribution in [0.2, 0.25) is 0 Å².